The highest BCUT2D eigenvalue weighted by Gasteiger charge is 2.36. The Morgan fingerprint density at radius 2 is 1.18 bits per heavy atom. The molecule has 3 aromatic rings. The van der Waals surface area contributed by atoms with Gasteiger partial charge in [-0.2, -0.15) is 4.31 Å². The van der Waals surface area contributed by atoms with Gasteiger partial charge in [-0.3, -0.25) is 9.79 Å². The third-order valence-electron chi connectivity index (χ3n) is 10.9. The number of aromatic nitrogens is 1. The summed E-state index contributed by atoms with van der Waals surface area (Å²) in [6.07, 6.45) is 4.28. The van der Waals surface area contributed by atoms with Crippen LogP contribution in [0.1, 0.15) is 45.1 Å². The van der Waals surface area contributed by atoms with Crippen molar-refractivity contribution in [1.82, 2.24) is 19.9 Å². The molecule has 1 fully saturated rings. The standard InChI is InChI=1S/C50H80N6O14S/c1-3-5-6-8-45-35-44-12-11-43(37-47(44)55-49(45)51)42-9-7-10-46(36-42)71(59,60)56-39-41(40-56)38-54-50(52-4-2)53-14-16-62-18-20-64-22-24-66-26-28-68-30-32-70-34-33-69-31-29-67-27-25-65-23-21-63-19-17-61-15-13-48(57)58/h7,9-12,35-37,41H,3-6,8,13-34,38-40H2,1-2H3,(H2,51,55)(H,57,58)(H2,52,53,54). The van der Waals surface area contributed by atoms with Gasteiger partial charge >= 0.3 is 5.97 Å². The first-order valence-corrected chi connectivity index (χ1v) is 26.5. The molecule has 0 amide bonds. The summed E-state index contributed by atoms with van der Waals surface area (Å²) >= 11 is 0. The molecule has 0 spiro atoms. The van der Waals surface area contributed by atoms with Crippen molar-refractivity contribution in [3.8, 4) is 11.1 Å². The average molecular weight is 1020 g/mol. The Morgan fingerprint density at radius 3 is 1.69 bits per heavy atom. The van der Waals surface area contributed by atoms with Crippen LogP contribution in [-0.2, 0) is 68.6 Å². The van der Waals surface area contributed by atoms with E-state index in [-0.39, 0.29) is 23.8 Å². The summed E-state index contributed by atoms with van der Waals surface area (Å²) in [4.78, 5) is 19.9. The number of unbranched alkanes of at least 4 members (excludes halogenated alkanes) is 2. The van der Waals surface area contributed by atoms with Gasteiger partial charge in [0, 0.05) is 37.5 Å². The van der Waals surface area contributed by atoms with Gasteiger partial charge in [0.15, 0.2) is 5.96 Å². The van der Waals surface area contributed by atoms with Crippen LogP contribution in [0.25, 0.3) is 22.0 Å². The Morgan fingerprint density at radius 1 is 0.676 bits per heavy atom. The third kappa shape index (κ3) is 24.9. The second-order valence-electron chi connectivity index (χ2n) is 16.5. The topological polar surface area (TPSA) is 242 Å². The molecule has 71 heavy (non-hydrogen) atoms. The van der Waals surface area contributed by atoms with Gasteiger partial charge in [0.05, 0.1) is 156 Å². The fraction of sp³-hybridized carbons (Fsp3) is 0.660. The summed E-state index contributed by atoms with van der Waals surface area (Å²) in [6.45, 7) is 15.5. The molecule has 2 heterocycles. The van der Waals surface area contributed by atoms with Gasteiger partial charge in [-0.25, -0.2) is 13.4 Å². The maximum Gasteiger partial charge on any atom is 0.305 e. The SMILES string of the molecule is CCCCCc1cc2ccc(-c3cccc(S(=O)(=O)N4CC(CN/C(=N\CCOCCOCCOCCOCCOCCOCCOCCOCCOCCOCCC(=O)O)NCC)C4)c3)cc2nc1N. The molecule has 0 radical (unpaired) electrons. The van der Waals surface area contributed by atoms with E-state index in [1.165, 1.54) is 4.31 Å². The molecule has 2 aromatic carbocycles. The van der Waals surface area contributed by atoms with Crippen LogP contribution in [0.15, 0.2) is 58.4 Å². The summed E-state index contributed by atoms with van der Waals surface area (Å²) in [5.74, 6) is 0.483. The molecule has 0 atom stereocenters. The fourth-order valence-corrected chi connectivity index (χ4v) is 8.69. The number of rotatable bonds is 43. The molecule has 5 N–H and O–H groups in total. The zero-order valence-corrected chi connectivity index (χ0v) is 42.8. The molecule has 1 saturated heterocycles. The van der Waals surface area contributed by atoms with Crippen molar-refractivity contribution >= 4 is 38.7 Å². The number of pyridine rings is 1. The number of nitrogens with zero attached hydrogens (tertiary/aromatic N) is 3. The minimum absolute atomic E-state index is 0.0116. The molecule has 0 aliphatic carbocycles. The molecule has 21 heteroatoms. The normalized spacial score (nSPS) is 13.5. The number of hydrogen-bond acceptors (Lipinski definition) is 16. The number of fused-ring (bicyclic) bond motifs is 1. The van der Waals surface area contributed by atoms with E-state index >= 15 is 0 Å². The van der Waals surface area contributed by atoms with E-state index in [1.807, 2.05) is 31.2 Å². The molecule has 0 bridgehead atoms. The van der Waals surface area contributed by atoms with Crippen LogP contribution < -0.4 is 16.4 Å². The molecule has 4 rings (SSSR count). The highest BCUT2D eigenvalue weighted by molar-refractivity contribution is 7.89. The first kappa shape index (κ1) is 59.5. The summed E-state index contributed by atoms with van der Waals surface area (Å²) in [6, 6.07) is 15.2. The lowest BCUT2D eigenvalue weighted by Crippen LogP contribution is -2.54. The number of aliphatic imine (C=N–C) groups is 1. The number of guanidine groups is 1. The number of carboxylic acids is 1. The van der Waals surface area contributed by atoms with Crippen molar-refractivity contribution in [2.24, 2.45) is 10.9 Å². The number of nitrogens with two attached hydrogens (primary N) is 1. The predicted octanol–water partition coefficient (Wildman–Crippen LogP) is 4.03. The van der Waals surface area contributed by atoms with Crippen LogP contribution in [0.4, 0.5) is 5.82 Å². The number of hydrogen-bond donors (Lipinski definition) is 4. The number of sulfonamides is 1. The zero-order valence-electron chi connectivity index (χ0n) is 42.0. The van der Waals surface area contributed by atoms with Crippen molar-refractivity contribution in [2.45, 2.75) is 50.8 Å². The van der Waals surface area contributed by atoms with E-state index < -0.39 is 16.0 Å². The number of aliphatic carboxylic acids is 1. The van der Waals surface area contributed by atoms with Crippen LogP contribution in [0.5, 0.6) is 0 Å². The second kappa shape index (κ2) is 36.8. The predicted molar refractivity (Wildman–Crippen MR) is 271 cm³/mol. The highest BCUT2D eigenvalue weighted by Crippen LogP contribution is 2.30. The highest BCUT2D eigenvalue weighted by atomic mass is 32.2. The van der Waals surface area contributed by atoms with Crippen molar-refractivity contribution in [2.75, 3.05) is 171 Å². The quantitative estimate of drug-likeness (QED) is 0.0355. The van der Waals surface area contributed by atoms with Gasteiger partial charge in [0.1, 0.15) is 5.82 Å². The maximum atomic E-state index is 13.6. The first-order chi connectivity index (χ1) is 34.7. The van der Waals surface area contributed by atoms with Gasteiger partial charge in [-0.15, -0.1) is 0 Å². The second-order valence-corrected chi connectivity index (χ2v) is 18.5. The number of ether oxygens (including phenoxy) is 10. The van der Waals surface area contributed by atoms with Crippen molar-refractivity contribution in [1.29, 1.82) is 0 Å². The lowest BCUT2D eigenvalue weighted by atomic mass is 10.0. The first-order valence-electron chi connectivity index (χ1n) is 25.0. The number of nitrogen functional groups attached to an aromatic ring is 1. The molecular weight excluding hydrogens is 941 g/mol. The van der Waals surface area contributed by atoms with Gasteiger partial charge in [-0.1, -0.05) is 44.0 Å². The van der Waals surface area contributed by atoms with Crippen molar-refractivity contribution in [3.63, 3.8) is 0 Å². The molecule has 0 saturated carbocycles. The number of anilines is 1. The number of nitrogens with one attached hydrogen (secondary N) is 2. The smallest absolute Gasteiger partial charge is 0.305 e. The maximum absolute atomic E-state index is 13.6. The third-order valence-corrected chi connectivity index (χ3v) is 12.8. The number of aryl methyl sites for hydroxylation is 1. The summed E-state index contributed by atoms with van der Waals surface area (Å²) in [5, 5.41) is 16.1. The minimum atomic E-state index is -3.66. The lowest BCUT2D eigenvalue weighted by Gasteiger charge is -2.38. The van der Waals surface area contributed by atoms with Crippen LogP contribution >= 0.6 is 0 Å². The van der Waals surface area contributed by atoms with E-state index in [0.717, 1.165) is 53.3 Å². The zero-order chi connectivity index (χ0) is 50.6. The van der Waals surface area contributed by atoms with Gasteiger partial charge in [-0.05, 0) is 60.7 Å². The Balaban J connectivity index is 0.924. The lowest BCUT2D eigenvalue weighted by molar-refractivity contribution is -0.138. The van der Waals surface area contributed by atoms with E-state index in [4.69, 9.17) is 58.2 Å². The molecule has 1 aromatic heterocycles. The van der Waals surface area contributed by atoms with Crippen molar-refractivity contribution in [3.05, 3.63) is 54.1 Å². The molecule has 20 nitrogen and oxygen atoms in total. The Bertz CT molecular complexity index is 2050. The van der Waals surface area contributed by atoms with E-state index in [0.29, 0.717) is 170 Å². The van der Waals surface area contributed by atoms with Gasteiger partial charge in [0.25, 0.3) is 0 Å². The van der Waals surface area contributed by atoms with Crippen molar-refractivity contribution < 1.29 is 65.7 Å². The Labute approximate surface area is 420 Å². The van der Waals surface area contributed by atoms with Crippen LogP contribution in [-0.4, -0.2) is 200 Å². The summed E-state index contributed by atoms with van der Waals surface area (Å²) in [5.41, 5.74) is 9.87. The van der Waals surface area contributed by atoms with E-state index in [9.17, 15) is 13.2 Å². The Kier molecular flexibility index (Phi) is 30.8. The average Bonchev–Trinajstić information content (AvgIpc) is 3.34. The molecular formula is C50H80N6O14S. The summed E-state index contributed by atoms with van der Waals surface area (Å²) < 4.78 is 83.5. The van der Waals surface area contributed by atoms with Crippen LogP contribution in [0.3, 0.4) is 0 Å². The van der Waals surface area contributed by atoms with Crippen LogP contribution in [0.2, 0.25) is 0 Å². The molecule has 1 aliphatic rings. The Hall–Kier alpha value is -4.10. The van der Waals surface area contributed by atoms with Gasteiger partial charge < -0.3 is 68.8 Å². The van der Waals surface area contributed by atoms with E-state index in [2.05, 4.69) is 33.6 Å². The van der Waals surface area contributed by atoms with Gasteiger partial charge in [0.2, 0.25) is 10.0 Å². The minimum Gasteiger partial charge on any atom is -0.481 e. The molecule has 1 aliphatic heterocycles. The number of carbonyl (C=O) groups is 1. The monoisotopic (exact) mass is 1020 g/mol. The summed E-state index contributed by atoms with van der Waals surface area (Å²) in [7, 11) is -3.66. The van der Waals surface area contributed by atoms with E-state index in [1.54, 1.807) is 18.2 Å². The molecule has 400 valence electrons. The number of carboxylic acid groups (broad SMARTS) is 1. The molecule has 0 unspecified atom stereocenters. The van der Waals surface area contributed by atoms with Crippen LogP contribution in [0, 0.1) is 5.92 Å². The number of benzene rings is 2. The fourth-order valence-electron chi connectivity index (χ4n) is 7.05. The largest absolute Gasteiger partial charge is 0.481 e.